The van der Waals surface area contributed by atoms with Crippen LogP contribution in [0.25, 0.3) is 0 Å². The first-order chi connectivity index (χ1) is 16.1. The van der Waals surface area contributed by atoms with Crippen LogP contribution < -0.4 is 9.47 Å². The van der Waals surface area contributed by atoms with Crippen molar-refractivity contribution in [1.29, 1.82) is 0 Å². The largest absolute Gasteiger partial charge is 0.508 e. The Morgan fingerprint density at radius 2 is 1.50 bits per heavy atom. The second-order valence-electron chi connectivity index (χ2n) is 7.60. The third-order valence-corrected chi connectivity index (χ3v) is 5.42. The van der Waals surface area contributed by atoms with Crippen LogP contribution >= 0.6 is 0 Å². The third-order valence-electron chi connectivity index (χ3n) is 5.42. The molecule has 34 heavy (non-hydrogen) atoms. The third kappa shape index (κ3) is 3.94. The molecule has 0 saturated carbocycles. The van der Waals surface area contributed by atoms with Gasteiger partial charge in [0.1, 0.15) is 17.2 Å². The van der Waals surface area contributed by atoms with Gasteiger partial charge in [0.05, 0.1) is 18.6 Å². The molecule has 4 rings (SSSR count). The van der Waals surface area contributed by atoms with E-state index in [1.54, 1.807) is 0 Å². The van der Waals surface area contributed by atoms with Gasteiger partial charge in [0.15, 0.2) is 28.7 Å². The number of ether oxygens (including phenoxy) is 3. The number of hydrogen-bond donors (Lipinski definition) is 7. The fraction of sp³-hybridized carbons (Fsp3) is 0.174. The zero-order chi connectivity index (χ0) is 24.7. The van der Waals surface area contributed by atoms with Gasteiger partial charge >= 0.3 is 5.97 Å². The summed E-state index contributed by atoms with van der Waals surface area (Å²) in [5.41, 5.74) is 0.288. The van der Waals surface area contributed by atoms with E-state index in [4.69, 9.17) is 14.2 Å². The van der Waals surface area contributed by atoms with Gasteiger partial charge in [-0.2, -0.15) is 0 Å². The monoisotopic (exact) mass is 472 g/mol. The van der Waals surface area contributed by atoms with Crippen LogP contribution in [0, 0.1) is 0 Å². The van der Waals surface area contributed by atoms with Crippen molar-refractivity contribution in [3.05, 3.63) is 53.1 Å². The Balaban J connectivity index is 1.75. The van der Waals surface area contributed by atoms with Gasteiger partial charge in [0.25, 0.3) is 6.29 Å². The lowest BCUT2D eigenvalue weighted by molar-refractivity contribution is -0.0705. The van der Waals surface area contributed by atoms with Gasteiger partial charge in [-0.1, -0.05) is 0 Å². The molecular weight excluding hydrogens is 452 g/mol. The number of benzene rings is 3. The molecule has 1 aliphatic rings. The average molecular weight is 472 g/mol. The Bertz CT molecular complexity index is 1260. The Morgan fingerprint density at radius 1 is 0.853 bits per heavy atom. The fourth-order valence-electron chi connectivity index (χ4n) is 3.71. The molecule has 11 nitrogen and oxygen atoms in total. The maximum atomic E-state index is 12.9. The number of hydrogen-bond acceptors (Lipinski definition) is 11. The van der Waals surface area contributed by atoms with Crippen LogP contribution in [0.4, 0.5) is 0 Å². The van der Waals surface area contributed by atoms with E-state index in [0.29, 0.717) is 0 Å². The summed E-state index contributed by atoms with van der Waals surface area (Å²) in [5, 5.41) is 69.3. The van der Waals surface area contributed by atoms with Gasteiger partial charge in [-0.25, -0.2) is 4.79 Å². The van der Waals surface area contributed by atoms with Gasteiger partial charge < -0.3 is 50.0 Å². The van der Waals surface area contributed by atoms with Crippen molar-refractivity contribution in [2.24, 2.45) is 0 Å². The average Bonchev–Trinajstić information content (AvgIpc) is 2.78. The molecule has 1 heterocycles. The predicted molar refractivity (Wildman–Crippen MR) is 114 cm³/mol. The highest BCUT2D eigenvalue weighted by Crippen LogP contribution is 2.46. The Kier molecular flexibility index (Phi) is 5.53. The van der Waals surface area contributed by atoms with E-state index in [1.165, 1.54) is 13.2 Å². The van der Waals surface area contributed by atoms with Crippen LogP contribution in [0.15, 0.2) is 36.4 Å². The van der Waals surface area contributed by atoms with Crippen molar-refractivity contribution < 1.29 is 54.8 Å². The summed E-state index contributed by atoms with van der Waals surface area (Å²) in [7, 11) is 1.23. The van der Waals surface area contributed by atoms with Crippen molar-refractivity contribution in [2.45, 2.75) is 18.6 Å². The van der Waals surface area contributed by atoms with Gasteiger partial charge in [-0.15, -0.1) is 0 Å². The first-order valence-corrected chi connectivity index (χ1v) is 9.86. The van der Waals surface area contributed by atoms with Crippen molar-refractivity contribution in [1.82, 2.24) is 0 Å². The number of methoxy groups -OCH3 is 1. The zero-order valence-electron chi connectivity index (χ0n) is 17.6. The zero-order valence-corrected chi connectivity index (χ0v) is 17.6. The van der Waals surface area contributed by atoms with Crippen LogP contribution in [-0.2, 0) is 11.2 Å². The molecule has 0 aliphatic carbocycles. The van der Waals surface area contributed by atoms with Crippen LogP contribution in [0.5, 0.6) is 51.7 Å². The number of carbonyl (C=O) groups excluding carboxylic acids is 1. The van der Waals surface area contributed by atoms with Crippen LogP contribution in [0.1, 0.15) is 27.4 Å². The lowest BCUT2D eigenvalue weighted by Gasteiger charge is -2.33. The fourth-order valence-corrected chi connectivity index (χ4v) is 3.71. The molecule has 0 fully saturated rings. The molecule has 178 valence electrons. The number of esters is 1. The highest BCUT2D eigenvalue weighted by molar-refractivity contribution is 5.91. The molecule has 7 N–H and O–H groups in total. The first kappa shape index (κ1) is 22.5. The lowest BCUT2D eigenvalue weighted by Crippen LogP contribution is -2.35. The van der Waals surface area contributed by atoms with E-state index in [0.717, 1.165) is 30.3 Å². The smallest absolute Gasteiger partial charge is 0.341 e. The molecule has 0 bridgehead atoms. The minimum atomic E-state index is -1.40. The molecule has 3 aromatic rings. The van der Waals surface area contributed by atoms with E-state index in [2.05, 4.69) is 0 Å². The first-order valence-electron chi connectivity index (χ1n) is 9.86. The van der Waals surface area contributed by atoms with E-state index in [-0.39, 0.29) is 46.1 Å². The molecule has 3 aromatic carbocycles. The lowest BCUT2D eigenvalue weighted by atomic mass is 9.88. The molecule has 0 aromatic heterocycles. The van der Waals surface area contributed by atoms with Gasteiger partial charge in [-0.05, 0) is 36.2 Å². The summed E-state index contributed by atoms with van der Waals surface area (Å²) in [5.74, 6) is -5.80. The molecule has 11 heteroatoms. The molecule has 0 spiro atoms. The van der Waals surface area contributed by atoms with E-state index in [9.17, 15) is 40.5 Å². The number of aromatic hydroxyl groups is 7. The topological polar surface area (TPSA) is 186 Å². The molecule has 0 radical (unpaired) electrons. The number of phenolic OH excluding ortho intramolecular Hbond substituents is 7. The molecule has 1 aliphatic heterocycles. The number of fused-ring (bicyclic) bond motifs is 1. The van der Waals surface area contributed by atoms with Crippen molar-refractivity contribution in [3.63, 3.8) is 0 Å². The Hall–Kier alpha value is -4.67. The maximum absolute atomic E-state index is 12.9. The van der Waals surface area contributed by atoms with Crippen molar-refractivity contribution >= 4 is 5.97 Å². The molecule has 0 saturated heterocycles. The molecule has 2 atom stereocenters. The van der Waals surface area contributed by atoms with E-state index in [1.807, 2.05) is 0 Å². The minimum absolute atomic E-state index is 0.00675. The molecule has 0 amide bonds. The second kappa shape index (κ2) is 8.35. The van der Waals surface area contributed by atoms with Gasteiger partial charge in [-0.3, -0.25) is 0 Å². The summed E-state index contributed by atoms with van der Waals surface area (Å²) in [6.45, 7) is 0. The number of carbonyl (C=O) groups is 1. The van der Waals surface area contributed by atoms with E-state index >= 15 is 0 Å². The maximum Gasteiger partial charge on any atom is 0.341 e. The predicted octanol–water partition coefficient (Wildman–Crippen LogP) is 2.54. The standard InChI is InChI=1S/C23H20O11/c1-32-19-5-10(4-17(28)21(19)30)22(31)34-23-12(9-2-15(26)20(29)16(27)3-9)8-13-14(25)6-11(24)7-18(13)33-23/h2-7,12,23-30H,8H2,1H3. The van der Waals surface area contributed by atoms with Crippen LogP contribution in [0.3, 0.4) is 0 Å². The summed E-state index contributed by atoms with van der Waals surface area (Å²) >= 11 is 0. The van der Waals surface area contributed by atoms with Crippen LogP contribution in [-0.4, -0.2) is 55.1 Å². The molecular formula is C23H20O11. The van der Waals surface area contributed by atoms with Gasteiger partial charge in [0, 0.05) is 17.7 Å². The second-order valence-corrected chi connectivity index (χ2v) is 7.60. The van der Waals surface area contributed by atoms with E-state index < -0.39 is 46.9 Å². The van der Waals surface area contributed by atoms with Crippen molar-refractivity contribution in [2.75, 3.05) is 7.11 Å². The Labute approximate surface area is 191 Å². The minimum Gasteiger partial charge on any atom is -0.508 e. The van der Waals surface area contributed by atoms with Crippen LogP contribution in [0.2, 0.25) is 0 Å². The SMILES string of the molecule is COc1cc(C(=O)OC2Oc3cc(O)cc(O)c3CC2c2cc(O)c(O)c(O)c2)cc(O)c1O. The highest BCUT2D eigenvalue weighted by Gasteiger charge is 2.37. The van der Waals surface area contributed by atoms with Gasteiger partial charge in [0.2, 0.25) is 5.75 Å². The molecule has 2 unspecified atom stereocenters. The normalized spacial score (nSPS) is 16.9. The highest BCUT2D eigenvalue weighted by atomic mass is 16.7. The van der Waals surface area contributed by atoms with Crippen molar-refractivity contribution in [3.8, 4) is 51.7 Å². The summed E-state index contributed by atoms with van der Waals surface area (Å²) in [6, 6.07) is 6.70. The number of rotatable bonds is 4. The summed E-state index contributed by atoms with van der Waals surface area (Å²) < 4.78 is 16.2. The number of phenols is 7. The Morgan fingerprint density at radius 3 is 2.15 bits per heavy atom. The summed E-state index contributed by atoms with van der Waals surface area (Å²) in [4.78, 5) is 12.9. The quantitative estimate of drug-likeness (QED) is 0.218. The summed E-state index contributed by atoms with van der Waals surface area (Å²) in [6.07, 6.45) is -1.40.